The van der Waals surface area contributed by atoms with Crippen LogP contribution in [0.3, 0.4) is 0 Å². The van der Waals surface area contributed by atoms with E-state index in [1.807, 2.05) is 38.1 Å². The minimum Gasteiger partial charge on any atom is -0.506 e. The van der Waals surface area contributed by atoms with Gasteiger partial charge in [-0.15, -0.1) is 0 Å². The maximum Gasteiger partial charge on any atom is 0.266 e. The number of benzene rings is 2. The van der Waals surface area contributed by atoms with Crippen molar-refractivity contribution in [2.45, 2.75) is 13.8 Å². The third-order valence-corrected chi connectivity index (χ3v) is 5.67. The Morgan fingerprint density at radius 1 is 1.29 bits per heavy atom. The standard InChI is InChI=1S/C20H18BrClN2O3S/c1-3-24-19(26)17(10-12-9-13(21)11-16(22)18(12)25)28-20(24)23-14-5-7-15(8-6-14)27-4-2/h5-11,25H,3-4H2,1-2H3/b17-10-,23-20?. The van der Waals surface area contributed by atoms with Gasteiger partial charge in [-0.25, -0.2) is 4.99 Å². The fourth-order valence-corrected chi connectivity index (χ4v) is 4.49. The number of amides is 1. The maximum atomic E-state index is 12.8. The van der Waals surface area contributed by atoms with Crippen LogP contribution in [-0.2, 0) is 4.79 Å². The minimum absolute atomic E-state index is 0.0642. The first kappa shape index (κ1) is 20.8. The minimum atomic E-state index is -0.160. The predicted molar refractivity (Wildman–Crippen MR) is 118 cm³/mol. The molecule has 1 amide bonds. The molecule has 0 spiro atoms. The first-order chi connectivity index (χ1) is 13.4. The highest BCUT2D eigenvalue weighted by atomic mass is 79.9. The normalized spacial score (nSPS) is 17.0. The summed E-state index contributed by atoms with van der Waals surface area (Å²) >= 11 is 10.6. The van der Waals surface area contributed by atoms with E-state index in [0.29, 0.717) is 33.3 Å². The summed E-state index contributed by atoms with van der Waals surface area (Å²) in [5.74, 6) is 0.551. The van der Waals surface area contributed by atoms with Crippen molar-refractivity contribution >= 4 is 62.1 Å². The number of likely N-dealkylation sites (N-methyl/N-ethyl adjacent to an activating group) is 1. The van der Waals surface area contributed by atoms with E-state index in [4.69, 9.17) is 16.3 Å². The largest absolute Gasteiger partial charge is 0.506 e. The Kier molecular flexibility index (Phi) is 6.69. The van der Waals surface area contributed by atoms with Crippen molar-refractivity contribution in [1.82, 2.24) is 4.90 Å². The molecule has 0 atom stereocenters. The second kappa shape index (κ2) is 9.03. The van der Waals surface area contributed by atoms with Gasteiger partial charge >= 0.3 is 0 Å². The Morgan fingerprint density at radius 3 is 2.64 bits per heavy atom. The number of thioether (sulfide) groups is 1. The zero-order chi connectivity index (χ0) is 20.3. The van der Waals surface area contributed by atoms with Gasteiger partial charge in [0.15, 0.2) is 5.17 Å². The molecular formula is C20H18BrClN2O3S. The first-order valence-electron chi connectivity index (χ1n) is 8.64. The molecule has 1 N–H and O–H groups in total. The van der Waals surface area contributed by atoms with Crippen molar-refractivity contribution in [3.8, 4) is 11.5 Å². The molecule has 0 saturated carbocycles. The summed E-state index contributed by atoms with van der Waals surface area (Å²) < 4.78 is 6.15. The van der Waals surface area contributed by atoms with Crippen molar-refractivity contribution in [1.29, 1.82) is 0 Å². The van der Waals surface area contributed by atoms with Crippen LogP contribution in [0.1, 0.15) is 19.4 Å². The van der Waals surface area contributed by atoms with Crippen LogP contribution in [0.4, 0.5) is 5.69 Å². The number of phenolic OH excluding ortho intramolecular Hbond substituents is 1. The number of halogens is 2. The number of hydrogen-bond donors (Lipinski definition) is 1. The van der Waals surface area contributed by atoms with Gasteiger partial charge in [0, 0.05) is 16.6 Å². The van der Waals surface area contributed by atoms with Crippen LogP contribution in [0, 0.1) is 0 Å². The van der Waals surface area contributed by atoms with Gasteiger partial charge in [0.1, 0.15) is 11.5 Å². The third-order valence-electron chi connectivity index (χ3n) is 3.92. The van der Waals surface area contributed by atoms with Gasteiger partial charge in [-0.3, -0.25) is 9.69 Å². The van der Waals surface area contributed by atoms with Gasteiger partial charge in [0.2, 0.25) is 0 Å². The molecule has 1 heterocycles. The van der Waals surface area contributed by atoms with Crippen molar-refractivity contribution in [2.24, 2.45) is 4.99 Å². The zero-order valence-electron chi connectivity index (χ0n) is 15.3. The molecule has 1 aliphatic heterocycles. The first-order valence-corrected chi connectivity index (χ1v) is 10.6. The summed E-state index contributed by atoms with van der Waals surface area (Å²) in [6, 6.07) is 10.7. The number of carbonyl (C=O) groups is 1. The average Bonchev–Trinajstić information content (AvgIpc) is 2.95. The second-order valence-corrected chi connectivity index (χ2v) is 8.14. The lowest BCUT2D eigenvalue weighted by molar-refractivity contribution is -0.122. The van der Waals surface area contributed by atoms with Crippen LogP contribution in [0.15, 0.2) is 50.8 Å². The summed E-state index contributed by atoms with van der Waals surface area (Å²) in [7, 11) is 0. The highest BCUT2D eigenvalue weighted by Crippen LogP contribution is 2.38. The lowest BCUT2D eigenvalue weighted by Gasteiger charge is -2.12. The van der Waals surface area contributed by atoms with E-state index in [1.165, 1.54) is 11.8 Å². The summed E-state index contributed by atoms with van der Waals surface area (Å²) in [6.45, 7) is 4.91. The van der Waals surface area contributed by atoms with Crippen LogP contribution < -0.4 is 4.74 Å². The van der Waals surface area contributed by atoms with Crippen molar-refractivity contribution < 1.29 is 14.6 Å². The fraction of sp³-hybridized carbons (Fsp3) is 0.200. The molecule has 2 aromatic rings. The summed E-state index contributed by atoms with van der Waals surface area (Å²) in [4.78, 5) is 19.4. The Labute approximate surface area is 181 Å². The van der Waals surface area contributed by atoms with Crippen LogP contribution in [-0.4, -0.2) is 34.2 Å². The molecule has 0 bridgehead atoms. The van der Waals surface area contributed by atoms with E-state index in [9.17, 15) is 9.90 Å². The van der Waals surface area contributed by atoms with Gasteiger partial charge in [-0.1, -0.05) is 27.5 Å². The Hall–Kier alpha value is -1.96. The molecule has 0 unspecified atom stereocenters. The van der Waals surface area contributed by atoms with Crippen molar-refractivity contribution in [3.63, 3.8) is 0 Å². The van der Waals surface area contributed by atoms with Crippen LogP contribution in [0.2, 0.25) is 5.02 Å². The number of hydrogen-bond acceptors (Lipinski definition) is 5. The Bertz CT molecular complexity index is 961. The smallest absolute Gasteiger partial charge is 0.266 e. The van der Waals surface area contributed by atoms with Crippen molar-refractivity contribution in [3.05, 3.63) is 56.4 Å². The highest BCUT2D eigenvalue weighted by Gasteiger charge is 2.32. The molecule has 0 radical (unpaired) electrons. The monoisotopic (exact) mass is 480 g/mol. The lowest BCUT2D eigenvalue weighted by atomic mass is 10.2. The molecule has 1 fully saturated rings. The van der Waals surface area contributed by atoms with E-state index in [0.717, 1.165) is 11.4 Å². The Balaban J connectivity index is 1.92. The predicted octanol–water partition coefficient (Wildman–Crippen LogP) is 5.83. The number of aromatic hydroxyl groups is 1. The number of ether oxygens (including phenoxy) is 1. The maximum absolute atomic E-state index is 12.8. The molecule has 1 saturated heterocycles. The van der Waals surface area contributed by atoms with E-state index in [-0.39, 0.29) is 16.7 Å². The second-order valence-electron chi connectivity index (χ2n) is 5.81. The van der Waals surface area contributed by atoms with Gasteiger partial charge in [0.05, 0.1) is 22.2 Å². The zero-order valence-corrected chi connectivity index (χ0v) is 18.4. The fourth-order valence-electron chi connectivity index (χ4n) is 2.60. The molecule has 3 rings (SSSR count). The van der Waals surface area contributed by atoms with E-state index < -0.39 is 0 Å². The van der Waals surface area contributed by atoms with Crippen LogP contribution in [0.25, 0.3) is 6.08 Å². The lowest BCUT2D eigenvalue weighted by Crippen LogP contribution is -2.28. The molecule has 0 aliphatic carbocycles. The molecule has 1 aliphatic rings. The average molecular weight is 482 g/mol. The number of aliphatic imine (C=N–C) groups is 1. The summed E-state index contributed by atoms with van der Waals surface area (Å²) in [6.07, 6.45) is 1.63. The van der Waals surface area contributed by atoms with Gasteiger partial charge in [-0.05, 0) is 68.1 Å². The molecule has 28 heavy (non-hydrogen) atoms. The summed E-state index contributed by atoms with van der Waals surface area (Å²) in [5.41, 5.74) is 1.19. The van der Waals surface area contributed by atoms with Crippen LogP contribution >= 0.6 is 39.3 Å². The molecule has 0 aromatic heterocycles. The molecular weight excluding hydrogens is 464 g/mol. The van der Waals surface area contributed by atoms with E-state index in [2.05, 4.69) is 20.9 Å². The number of rotatable bonds is 5. The molecule has 146 valence electrons. The number of nitrogens with zero attached hydrogens (tertiary/aromatic N) is 2. The Morgan fingerprint density at radius 2 is 2.00 bits per heavy atom. The van der Waals surface area contributed by atoms with Gasteiger partial charge < -0.3 is 9.84 Å². The quantitative estimate of drug-likeness (QED) is 0.546. The number of amidine groups is 1. The van der Waals surface area contributed by atoms with Gasteiger partial charge in [0.25, 0.3) is 5.91 Å². The third kappa shape index (κ3) is 4.54. The van der Waals surface area contributed by atoms with E-state index in [1.54, 1.807) is 23.1 Å². The topological polar surface area (TPSA) is 62.1 Å². The molecule has 8 heteroatoms. The van der Waals surface area contributed by atoms with Crippen LogP contribution in [0.5, 0.6) is 11.5 Å². The van der Waals surface area contributed by atoms with E-state index >= 15 is 0 Å². The number of carbonyl (C=O) groups excluding carboxylic acids is 1. The summed E-state index contributed by atoms with van der Waals surface area (Å²) in [5, 5.41) is 11.0. The molecule has 2 aromatic carbocycles. The molecule has 5 nitrogen and oxygen atoms in total. The number of phenols is 1. The van der Waals surface area contributed by atoms with Crippen molar-refractivity contribution in [2.75, 3.05) is 13.2 Å². The SMILES string of the molecule is CCOc1ccc(N=C2S/C(=C\c3cc(Br)cc(Cl)c3O)C(=O)N2CC)cc1. The highest BCUT2D eigenvalue weighted by molar-refractivity contribution is 9.10. The van der Waals surface area contributed by atoms with Gasteiger partial charge in [-0.2, -0.15) is 0 Å².